The quantitative estimate of drug-likeness (QED) is 0.683. The Bertz CT molecular complexity index is 871. The number of aryl methyl sites for hydroxylation is 2. The van der Waals surface area contributed by atoms with Crippen molar-refractivity contribution in [3.63, 3.8) is 0 Å². The molecule has 0 aliphatic carbocycles. The summed E-state index contributed by atoms with van der Waals surface area (Å²) in [6, 6.07) is 8.12. The Hall–Kier alpha value is -2.31. The normalized spacial score (nSPS) is 17.4. The van der Waals surface area contributed by atoms with Crippen LogP contribution >= 0.6 is 0 Å². The van der Waals surface area contributed by atoms with E-state index in [9.17, 15) is 0 Å². The molecular weight excluding hydrogens is 326 g/mol. The lowest BCUT2D eigenvalue weighted by atomic mass is 10.2. The van der Waals surface area contributed by atoms with Crippen LogP contribution in [0.3, 0.4) is 0 Å². The van der Waals surface area contributed by atoms with Crippen LogP contribution in [0.2, 0.25) is 0 Å². The molecule has 6 nitrogen and oxygen atoms in total. The predicted molar refractivity (Wildman–Crippen MR) is 99.8 cm³/mol. The van der Waals surface area contributed by atoms with Crippen LogP contribution in [-0.4, -0.2) is 43.7 Å². The van der Waals surface area contributed by atoms with Crippen LogP contribution < -0.4 is 0 Å². The zero-order chi connectivity index (χ0) is 17.9. The number of pyridine rings is 1. The van der Waals surface area contributed by atoms with Crippen molar-refractivity contribution in [1.29, 1.82) is 0 Å². The van der Waals surface area contributed by atoms with Gasteiger partial charge in [-0.1, -0.05) is 6.07 Å². The zero-order valence-corrected chi connectivity index (χ0v) is 15.4. The van der Waals surface area contributed by atoms with Crippen molar-refractivity contribution in [1.82, 2.24) is 24.5 Å². The third-order valence-corrected chi connectivity index (χ3v) is 4.84. The molecule has 26 heavy (non-hydrogen) atoms. The maximum Gasteiger partial charge on any atom is 0.159 e. The summed E-state index contributed by atoms with van der Waals surface area (Å²) in [5, 5.41) is 4.53. The van der Waals surface area contributed by atoms with Crippen LogP contribution in [-0.2, 0) is 17.8 Å². The highest BCUT2D eigenvalue weighted by molar-refractivity contribution is 5.47. The fourth-order valence-corrected chi connectivity index (χ4v) is 3.65. The van der Waals surface area contributed by atoms with Crippen LogP contribution in [0, 0.1) is 13.8 Å². The van der Waals surface area contributed by atoms with Gasteiger partial charge in [0.05, 0.1) is 18.0 Å². The molecular formula is C20H25N5O. The molecule has 0 aromatic carbocycles. The van der Waals surface area contributed by atoms with Crippen molar-refractivity contribution in [3.05, 3.63) is 59.3 Å². The van der Waals surface area contributed by atoms with Gasteiger partial charge in [0.2, 0.25) is 0 Å². The fourth-order valence-electron chi connectivity index (χ4n) is 3.65. The summed E-state index contributed by atoms with van der Waals surface area (Å²) in [5.74, 6) is 0. The molecule has 3 aromatic heterocycles. The molecule has 4 heterocycles. The molecule has 4 rings (SSSR count). The van der Waals surface area contributed by atoms with Crippen molar-refractivity contribution in [2.75, 3.05) is 13.2 Å². The molecule has 1 atom stereocenters. The number of ether oxygens (including phenoxy) is 1. The number of hydrogen-bond donors (Lipinski definition) is 0. The van der Waals surface area contributed by atoms with Crippen LogP contribution in [0.4, 0.5) is 0 Å². The summed E-state index contributed by atoms with van der Waals surface area (Å²) in [4.78, 5) is 11.6. The average Bonchev–Trinajstić information content (AvgIpc) is 3.26. The Balaban J connectivity index is 1.59. The summed E-state index contributed by atoms with van der Waals surface area (Å²) in [7, 11) is 0. The highest BCUT2D eigenvalue weighted by Gasteiger charge is 2.21. The van der Waals surface area contributed by atoms with Gasteiger partial charge in [-0.15, -0.1) is 0 Å². The first-order valence-corrected chi connectivity index (χ1v) is 9.24. The third-order valence-electron chi connectivity index (χ3n) is 4.84. The second-order valence-electron chi connectivity index (χ2n) is 7.07. The first-order valence-electron chi connectivity index (χ1n) is 9.24. The maximum absolute atomic E-state index is 5.87. The minimum atomic E-state index is 0.303. The molecule has 0 bridgehead atoms. The van der Waals surface area contributed by atoms with Crippen molar-refractivity contribution in [2.45, 2.75) is 45.9 Å². The minimum absolute atomic E-state index is 0.303. The molecule has 0 radical (unpaired) electrons. The molecule has 0 N–H and O–H groups in total. The largest absolute Gasteiger partial charge is 0.377 e. The second kappa shape index (κ2) is 7.51. The number of aromatic nitrogens is 4. The zero-order valence-electron chi connectivity index (χ0n) is 15.4. The molecule has 0 spiro atoms. The van der Waals surface area contributed by atoms with Crippen LogP contribution in [0.1, 0.15) is 35.5 Å². The van der Waals surface area contributed by atoms with Gasteiger partial charge in [-0.25, -0.2) is 9.50 Å². The standard InChI is InChI=1S/C20H25N5O/c1-15-10-16(2)25-20(23-15)17(11-22-25)12-24(14-19-7-5-9-26-19)13-18-6-3-4-8-21-18/h3-4,6,8,10-11,19H,5,7,9,12-14H2,1-2H3. The minimum Gasteiger partial charge on any atom is -0.377 e. The predicted octanol–water partition coefficient (Wildman–Crippen LogP) is 2.92. The van der Waals surface area contributed by atoms with Gasteiger partial charge in [-0.2, -0.15) is 5.10 Å². The van der Waals surface area contributed by atoms with Crippen LogP contribution in [0.15, 0.2) is 36.7 Å². The van der Waals surface area contributed by atoms with E-state index >= 15 is 0 Å². The third kappa shape index (κ3) is 3.76. The van der Waals surface area contributed by atoms with Crippen molar-refractivity contribution < 1.29 is 4.74 Å². The first-order chi connectivity index (χ1) is 12.7. The van der Waals surface area contributed by atoms with E-state index in [-0.39, 0.29) is 0 Å². The molecule has 1 aliphatic heterocycles. The summed E-state index contributed by atoms with van der Waals surface area (Å²) in [6.07, 6.45) is 6.37. The molecule has 1 saturated heterocycles. The average molecular weight is 351 g/mol. The summed E-state index contributed by atoms with van der Waals surface area (Å²) in [6.45, 7) is 7.45. The lowest BCUT2D eigenvalue weighted by molar-refractivity contribution is 0.0676. The second-order valence-corrected chi connectivity index (χ2v) is 7.07. The monoisotopic (exact) mass is 351 g/mol. The lowest BCUT2D eigenvalue weighted by Gasteiger charge is -2.24. The Morgan fingerprint density at radius 1 is 1.27 bits per heavy atom. The van der Waals surface area contributed by atoms with Gasteiger partial charge in [-0.05, 0) is 44.9 Å². The molecule has 0 saturated carbocycles. The lowest BCUT2D eigenvalue weighted by Crippen LogP contribution is -2.31. The van der Waals surface area contributed by atoms with Crippen molar-refractivity contribution in [2.24, 2.45) is 0 Å². The Morgan fingerprint density at radius 3 is 2.96 bits per heavy atom. The Labute approximate surface area is 153 Å². The van der Waals surface area contributed by atoms with Gasteiger partial charge < -0.3 is 4.74 Å². The topological polar surface area (TPSA) is 55.5 Å². The van der Waals surface area contributed by atoms with Gasteiger partial charge in [0, 0.05) is 49.4 Å². The molecule has 0 amide bonds. The molecule has 3 aromatic rings. The summed E-state index contributed by atoms with van der Waals surface area (Å²) in [5.41, 5.74) is 5.29. The van der Waals surface area contributed by atoms with Crippen LogP contribution in [0.5, 0.6) is 0 Å². The Morgan fingerprint density at radius 2 is 2.19 bits per heavy atom. The fraction of sp³-hybridized carbons (Fsp3) is 0.450. The molecule has 136 valence electrons. The molecule has 6 heteroatoms. The van der Waals surface area contributed by atoms with Crippen molar-refractivity contribution in [3.8, 4) is 0 Å². The SMILES string of the molecule is Cc1cc(C)n2ncc(CN(Cc3ccccn3)CC3CCCO3)c2n1. The van der Waals surface area contributed by atoms with Gasteiger partial charge in [0.1, 0.15) is 0 Å². The van der Waals surface area contributed by atoms with E-state index in [2.05, 4.69) is 34.0 Å². The van der Waals surface area contributed by atoms with E-state index < -0.39 is 0 Å². The van der Waals surface area contributed by atoms with Crippen molar-refractivity contribution >= 4 is 5.65 Å². The highest BCUT2D eigenvalue weighted by atomic mass is 16.5. The number of nitrogens with zero attached hydrogens (tertiary/aromatic N) is 5. The first kappa shape index (κ1) is 17.1. The van der Waals surface area contributed by atoms with Gasteiger partial charge in [0.15, 0.2) is 5.65 Å². The summed E-state index contributed by atoms with van der Waals surface area (Å²) < 4.78 is 7.79. The van der Waals surface area contributed by atoms with E-state index in [1.54, 1.807) is 0 Å². The molecule has 1 unspecified atom stereocenters. The highest BCUT2D eigenvalue weighted by Crippen LogP contribution is 2.19. The molecule has 1 aliphatic rings. The summed E-state index contributed by atoms with van der Waals surface area (Å²) >= 11 is 0. The number of rotatable bonds is 6. The molecule has 1 fully saturated rings. The Kier molecular flexibility index (Phi) is 4.95. The maximum atomic E-state index is 5.87. The van der Waals surface area contributed by atoms with Gasteiger partial charge >= 0.3 is 0 Å². The van der Waals surface area contributed by atoms with Gasteiger partial charge in [0.25, 0.3) is 0 Å². The number of fused-ring (bicyclic) bond motifs is 1. The van der Waals surface area contributed by atoms with Crippen LogP contribution in [0.25, 0.3) is 5.65 Å². The van der Waals surface area contributed by atoms with E-state index in [1.807, 2.05) is 36.0 Å². The number of hydrogen-bond acceptors (Lipinski definition) is 5. The van der Waals surface area contributed by atoms with E-state index in [0.29, 0.717) is 6.10 Å². The van der Waals surface area contributed by atoms with Gasteiger partial charge in [-0.3, -0.25) is 9.88 Å². The van der Waals surface area contributed by atoms with E-state index in [0.717, 1.165) is 67.4 Å². The van der Waals surface area contributed by atoms with E-state index in [1.165, 1.54) is 0 Å². The van der Waals surface area contributed by atoms with E-state index in [4.69, 9.17) is 9.72 Å². The smallest absolute Gasteiger partial charge is 0.159 e.